The van der Waals surface area contributed by atoms with E-state index in [0.717, 1.165) is 18.2 Å². The molecule has 1 saturated heterocycles. The molecule has 2 aromatic rings. The van der Waals surface area contributed by atoms with Gasteiger partial charge in [0, 0.05) is 43.8 Å². The Kier molecular flexibility index (Phi) is 4.15. The average molecular weight is 319 g/mol. The molecular formula is C15H17N3O3S. The Balaban J connectivity index is 1.67. The van der Waals surface area contributed by atoms with Gasteiger partial charge in [0.2, 0.25) is 0 Å². The summed E-state index contributed by atoms with van der Waals surface area (Å²) < 4.78 is 5.03. The summed E-state index contributed by atoms with van der Waals surface area (Å²) in [7, 11) is 1.52. The van der Waals surface area contributed by atoms with E-state index >= 15 is 0 Å². The monoisotopic (exact) mass is 319 g/mol. The van der Waals surface area contributed by atoms with Gasteiger partial charge < -0.3 is 19.6 Å². The topological polar surface area (TPSA) is 65.9 Å². The lowest BCUT2D eigenvalue weighted by atomic mass is 10.1. The molecule has 0 atom stereocenters. The highest BCUT2D eigenvalue weighted by atomic mass is 32.1. The first-order valence-corrected chi connectivity index (χ1v) is 7.87. The minimum Gasteiger partial charge on any atom is -0.507 e. The second-order valence-corrected chi connectivity index (χ2v) is 5.85. The fourth-order valence-corrected chi connectivity index (χ4v) is 3.16. The van der Waals surface area contributed by atoms with E-state index in [1.807, 2.05) is 5.38 Å². The van der Waals surface area contributed by atoms with E-state index in [1.165, 1.54) is 13.2 Å². The van der Waals surface area contributed by atoms with Crippen LogP contribution in [0.25, 0.3) is 0 Å². The van der Waals surface area contributed by atoms with Crippen LogP contribution < -0.4 is 9.64 Å². The molecule has 6 nitrogen and oxygen atoms in total. The van der Waals surface area contributed by atoms with Gasteiger partial charge in [-0.25, -0.2) is 4.98 Å². The zero-order valence-electron chi connectivity index (χ0n) is 12.2. The fourth-order valence-electron chi connectivity index (χ4n) is 2.46. The van der Waals surface area contributed by atoms with Crippen LogP contribution in [0.4, 0.5) is 5.13 Å². The minimum atomic E-state index is -0.154. The quantitative estimate of drug-likeness (QED) is 0.935. The third kappa shape index (κ3) is 2.85. The molecule has 3 rings (SSSR count). The third-order valence-corrected chi connectivity index (χ3v) is 4.52. The molecule has 1 aromatic heterocycles. The Hall–Kier alpha value is -2.28. The van der Waals surface area contributed by atoms with Crippen LogP contribution in [0, 0.1) is 0 Å². The molecule has 22 heavy (non-hydrogen) atoms. The first kappa shape index (κ1) is 14.6. The van der Waals surface area contributed by atoms with Crippen LogP contribution in [0.5, 0.6) is 11.5 Å². The first-order valence-electron chi connectivity index (χ1n) is 7.00. The summed E-state index contributed by atoms with van der Waals surface area (Å²) in [6.07, 6.45) is 1.78. The lowest BCUT2D eigenvalue weighted by Crippen LogP contribution is -2.48. The largest absolute Gasteiger partial charge is 0.507 e. The van der Waals surface area contributed by atoms with Crippen molar-refractivity contribution in [2.75, 3.05) is 38.2 Å². The molecule has 7 heteroatoms. The molecule has 2 heterocycles. The predicted molar refractivity (Wildman–Crippen MR) is 84.9 cm³/mol. The number of aromatic hydroxyl groups is 1. The van der Waals surface area contributed by atoms with Gasteiger partial charge in [0.15, 0.2) is 5.13 Å². The summed E-state index contributed by atoms with van der Waals surface area (Å²) in [6.45, 7) is 2.72. The van der Waals surface area contributed by atoms with Crippen LogP contribution in [-0.2, 0) is 0 Å². The lowest BCUT2D eigenvalue weighted by Gasteiger charge is -2.34. The molecule has 1 amide bonds. The molecule has 0 saturated carbocycles. The molecule has 0 unspecified atom stereocenters. The predicted octanol–water partition coefficient (Wildman–Crippen LogP) is 1.82. The van der Waals surface area contributed by atoms with Crippen molar-refractivity contribution in [1.82, 2.24) is 9.88 Å². The number of anilines is 1. The van der Waals surface area contributed by atoms with Gasteiger partial charge in [-0.15, -0.1) is 11.3 Å². The molecule has 0 bridgehead atoms. The first-order chi connectivity index (χ1) is 10.7. The molecule has 0 spiro atoms. The van der Waals surface area contributed by atoms with Gasteiger partial charge in [0.1, 0.15) is 11.5 Å². The number of hydrogen-bond acceptors (Lipinski definition) is 6. The SMILES string of the molecule is COc1ccc(C(=O)N2CCN(c3nccs3)CC2)c(O)c1. The fraction of sp³-hybridized carbons (Fsp3) is 0.333. The third-order valence-electron chi connectivity index (χ3n) is 3.69. The molecule has 1 aliphatic heterocycles. The zero-order chi connectivity index (χ0) is 15.5. The Morgan fingerprint density at radius 2 is 2.09 bits per heavy atom. The van der Waals surface area contributed by atoms with Gasteiger partial charge in [-0.3, -0.25) is 4.79 Å². The van der Waals surface area contributed by atoms with Crippen molar-refractivity contribution in [2.24, 2.45) is 0 Å². The number of amides is 1. The maximum absolute atomic E-state index is 12.5. The van der Waals surface area contributed by atoms with Crippen molar-refractivity contribution in [3.05, 3.63) is 35.3 Å². The number of nitrogens with zero attached hydrogens (tertiary/aromatic N) is 3. The van der Waals surface area contributed by atoms with Crippen molar-refractivity contribution in [3.63, 3.8) is 0 Å². The van der Waals surface area contributed by atoms with E-state index < -0.39 is 0 Å². The van der Waals surface area contributed by atoms with Crippen molar-refractivity contribution < 1.29 is 14.6 Å². The highest BCUT2D eigenvalue weighted by molar-refractivity contribution is 7.13. The number of benzene rings is 1. The smallest absolute Gasteiger partial charge is 0.257 e. The summed E-state index contributed by atoms with van der Waals surface area (Å²) >= 11 is 1.60. The van der Waals surface area contributed by atoms with E-state index in [1.54, 1.807) is 34.6 Å². The van der Waals surface area contributed by atoms with E-state index in [0.29, 0.717) is 24.4 Å². The summed E-state index contributed by atoms with van der Waals surface area (Å²) in [6, 6.07) is 4.74. The molecule has 1 aliphatic rings. The maximum atomic E-state index is 12.5. The maximum Gasteiger partial charge on any atom is 0.257 e. The van der Waals surface area contributed by atoms with Gasteiger partial charge in [-0.1, -0.05) is 0 Å². The van der Waals surface area contributed by atoms with Crippen LogP contribution in [0.2, 0.25) is 0 Å². The number of carbonyl (C=O) groups is 1. The van der Waals surface area contributed by atoms with E-state index in [9.17, 15) is 9.90 Å². The molecule has 116 valence electrons. The highest BCUT2D eigenvalue weighted by Gasteiger charge is 2.25. The van der Waals surface area contributed by atoms with Crippen LogP contribution in [0.1, 0.15) is 10.4 Å². The Labute approximate surface area is 132 Å². The standard InChI is InChI=1S/C15H17N3O3S/c1-21-11-2-3-12(13(19)10-11)14(20)17-5-7-18(8-6-17)15-16-4-9-22-15/h2-4,9-10,19H,5-8H2,1H3. The van der Waals surface area contributed by atoms with E-state index in [4.69, 9.17) is 4.74 Å². The second-order valence-electron chi connectivity index (χ2n) is 4.98. The van der Waals surface area contributed by atoms with Crippen LogP contribution in [0.15, 0.2) is 29.8 Å². The number of thiazole rings is 1. The van der Waals surface area contributed by atoms with Crippen molar-refractivity contribution in [1.29, 1.82) is 0 Å². The molecule has 0 aliphatic carbocycles. The summed E-state index contributed by atoms with van der Waals surface area (Å²) in [4.78, 5) is 20.7. The van der Waals surface area contributed by atoms with Gasteiger partial charge >= 0.3 is 0 Å². The van der Waals surface area contributed by atoms with Gasteiger partial charge in [-0.05, 0) is 12.1 Å². The van der Waals surface area contributed by atoms with Crippen molar-refractivity contribution >= 4 is 22.4 Å². The number of hydrogen-bond donors (Lipinski definition) is 1. The molecular weight excluding hydrogens is 302 g/mol. The normalized spacial score (nSPS) is 15.0. The lowest BCUT2D eigenvalue weighted by molar-refractivity contribution is 0.0743. The Morgan fingerprint density at radius 3 is 2.68 bits per heavy atom. The van der Waals surface area contributed by atoms with Crippen LogP contribution in [0.3, 0.4) is 0 Å². The average Bonchev–Trinajstić information content (AvgIpc) is 3.08. The summed E-state index contributed by atoms with van der Waals surface area (Å²) in [5.74, 6) is 0.327. The van der Waals surface area contributed by atoms with E-state index in [-0.39, 0.29) is 11.7 Å². The second kappa shape index (κ2) is 6.23. The summed E-state index contributed by atoms with van der Waals surface area (Å²) in [5, 5.41) is 12.9. The van der Waals surface area contributed by atoms with Gasteiger partial charge in [-0.2, -0.15) is 0 Å². The number of carbonyl (C=O) groups excluding carboxylic acids is 1. The Morgan fingerprint density at radius 1 is 1.32 bits per heavy atom. The van der Waals surface area contributed by atoms with Crippen LogP contribution in [-0.4, -0.2) is 54.2 Å². The zero-order valence-corrected chi connectivity index (χ0v) is 13.0. The minimum absolute atomic E-state index is 0.0493. The Bertz CT molecular complexity index is 652. The van der Waals surface area contributed by atoms with Gasteiger partial charge in [0.25, 0.3) is 5.91 Å². The van der Waals surface area contributed by atoms with Crippen molar-refractivity contribution in [3.8, 4) is 11.5 Å². The molecule has 1 aromatic carbocycles. The number of phenols is 1. The summed E-state index contributed by atoms with van der Waals surface area (Å²) in [5.41, 5.74) is 0.309. The molecule has 1 fully saturated rings. The van der Waals surface area contributed by atoms with E-state index in [2.05, 4.69) is 9.88 Å². The van der Waals surface area contributed by atoms with Crippen LogP contribution >= 0.6 is 11.3 Å². The highest BCUT2D eigenvalue weighted by Crippen LogP contribution is 2.25. The van der Waals surface area contributed by atoms with Crippen molar-refractivity contribution in [2.45, 2.75) is 0 Å². The number of aromatic nitrogens is 1. The number of ether oxygens (including phenoxy) is 1. The number of piperazine rings is 1. The number of methoxy groups -OCH3 is 1. The molecule has 1 N–H and O–H groups in total. The number of rotatable bonds is 3. The molecule has 0 radical (unpaired) electrons. The van der Waals surface area contributed by atoms with Gasteiger partial charge in [0.05, 0.1) is 12.7 Å². The number of phenolic OH excluding ortho intramolecular Hbond substituents is 1.